The minimum atomic E-state index is -0.900. The summed E-state index contributed by atoms with van der Waals surface area (Å²) < 4.78 is 5.20. The number of fused-ring (bicyclic) bond motifs is 5. The number of nitrogens with zero attached hydrogens (tertiary/aromatic N) is 1. The monoisotopic (exact) mass is 458 g/mol. The molecule has 0 spiro atoms. The first-order valence-electron chi connectivity index (χ1n) is 11.5. The maximum absolute atomic E-state index is 13.9. The van der Waals surface area contributed by atoms with Crippen molar-refractivity contribution >= 4 is 33.7 Å². The van der Waals surface area contributed by atoms with Crippen LogP contribution in [-0.2, 0) is 9.53 Å². The van der Waals surface area contributed by atoms with Crippen molar-refractivity contribution in [1.29, 1.82) is 0 Å². The summed E-state index contributed by atoms with van der Waals surface area (Å²) in [5, 5.41) is 4.52. The third kappa shape index (κ3) is 3.36. The molecule has 5 nitrogen and oxygen atoms in total. The van der Waals surface area contributed by atoms with Crippen molar-refractivity contribution < 1.29 is 14.3 Å². The highest BCUT2D eigenvalue weighted by Gasteiger charge is 2.40. The van der Waals surface area contributed by atoms with Gasteiger partial charge in [-0.1, -0.05) is 84.9 Å². The van der Waals surface area contributed by atoms with Crippen LogP contribution >= 0.6 is 0 Å². The number of para-hydroxylation sites is 2. The predicted octanol–water partition coefficient (Wildman–Crippen LogP) is 5.47. The summed E-state index contributed by atoms with van der Waals surface area (Å²) in [5.74, 6) is -1.19. The van der Waals surface area contributed by atoms with Gasteiger partial charge in [-0.15, -0.1) is 0 Å². The molecule has 5 heteroatoms. The Balaban J connectivity index is 1.50. The smallest absolute Gasteiger partial charge is 0.329 e. The summed E-state index contributed by atoms with van der Waals surface area (Å²) in [5.41, 5.74) is 6.07. The van der Waals surface area contributed by atoms with Crippen LogP contribution in [-0.4, -0.2) is 30.0 Å². The zero-order chi connectivity index (χ0) is 23.9. The molecule has 0 aliphatic heterocycles. The van der Waals surface area contributed by atoms with Crippen molar-refractivity contribution in [1.82, 2.24) is 10.3 Å². The number of nitrogens with one attached hydrogen (secondary N) is 1. The molecule has 0 radical (unpaired) electrons. The van der Waals surface area contributed by atoms with Crippen molar-refractivity contribution in [3.8, 4) is 11.1 Å². The van der Waals surface area contributed by atoms with Gasteiger partial charge in [0, 0.05) is 16.7 Å². The minimum Gasteiger partial charge on any atom is -0.467 e. The Morgan fingerprint density at radius 3 is 1.77 bits per heavy atom. The molecule has 0 fully saturated rings. The maximum Gasteiger partial charge on any atom is 0.329 e. The summed E-state index contributed by atoms with van der Waals surface area (Å²) in [6.07, 6.45) is 0. The molecule has 1 aromatic heterocycles. The Bertz CT molecular complexity index is 1530. The van der Waals surface area contributed by atoms with Crippen molar-refractivity contribution in [2.24, 2.45) is 0 Å². The van der Waals surface area contributed by atoms with Gasteiger partial charge in [-0.2, -0.15) is 0 Å². The lowest BCUT2D eigenvalue weighted by molar-refractivity contribution is -0.143. The number of hydrogen-bond donors (Lipinski definition) is 1. The minimum absolute atomic E-state index is 0.336. The van der Waals surface area contributed by atoms with E-state index in [1.807, 2.05) is 97.1 Å². The number of ether oxygens (including phenoxy) is 1. The van der Waals surface area contributed by atoms with Crippen LogP contribution in [0.5, 0.6) is 0 Å². The summed E-state index contributed by atoms with van der Waals surface area (Å²) >= 11 is 0. The maximum atomic E-state index is 13.9. The Morgan fingerprint density at radius 1 is 0.743 bits per heavy atom. The predicted molar refractivity (Wildman–Crippen MR) is 136 cm³/mol. The summed E-state index contributed by atoms with van der Waals surface area (Å²) in [6, 6.07) is 30.2. The molecule has 1 aliphatic rings. The summed E-state index contributed by atoms with van der Waals surface area (Å²) in [6.45, 7) is 0. The SMILES string of the molecule is COC(=O)[C@H](NC(=O)c1c2ccccc2nc2ccccc12)C1c2ccccc2-c2ccccc21. The number of benzene rings is 4. The van der Waals surface area contributed by atoms with Gasteiger partial charge in [0.05, 0.1) is 23.7 Å². The number of amides is 1. The van der Waals surface area contributed by atoms with Gasteiger partial charge >= 0.3 is 5.97 Å². The number of carbonyl (C=O) groups excluding carboxylic acids is 2. The van der Waals surface area contributed by atoms with E-state index in [1.165, 1.54) is 7.11 Å². The highest BCUT2D eigenvalue weighted by atomic mass is 16.5. The van der Waals surface area contributed by atoms with E-state index in [-0.39, 0.29) is 11.8 Å². The third-order valence-electron chi connectivity index (χ3n) is 6.77. The van der Waals surface area contributed by atoms with Crippen LogP contribution in [0.25, 0.3) is 32.9 Å². The Morgan fingerprint density at radius 2 is 1.23 bits per heavy atom. The quantitative estimate of drug-likeness (QED) is 0.286. The van der Waals surface area contributed by atoms with Gasteiger partial charge < -0.3 is 10.1 Å². The molecule has 0 saturated heterocycles. The molecule has 0 unspecified atom stereocenters. The lowest BCUT2D eigenvalue weighted by atomic mass is 9.88. The molecule has 6 rings (SSSR count). The second-order valence-electron chi connectivity index (χ2n) is 8.65. The first kappa shape index (κ1) is 21.1. The van der Waals surface area contributed by atoms with Crippen LogP contribution < -0.4 is 5.32 Å². The van der Waals surface area contributed by atoms with E-state index < -0.39 is 12.0 Å². The standard InChI is InChI=1S/C30H22N2O3/c1-35-30(34)28(26-20-12-4-2-10-18(20)19-11-3-5-13-21(19)26)32-29(33)27-22-14-6-8-16-24(22)31-25-17-9-7-15-23(25)27/h2-17,26,28H,1H3,(H,32,33)/t28-/m1/s1. The fourth-order valence-corrected chi connectivity index (χ4v) is 5.26. The lowest BCUT2D eigenvalue weighted by Crippen LogP contribution is -2.45. The van der Waals surface area contributed by atoms with Crippen LogP contribution in [0.2, 0.25) is 0 Å². The van der Waals surface area contributed by atoms with E-state index in [9.17, 15) is 9.59 Å². The van der Waals surface area contributed by atoms with Crippen LogP contribution in [0.3, 0.4) is 0 Å². The van der Waals surface area contributed by atoms with Gasteiger partial charge in [-0.3, -0.25) is 4.79 Å². The van der Waals surface area contributed by atoms with E-state index in [2.05, 4.69) is 5.32 Å². The summed E-state index contributed by atoms with van der Waals surface area (Å²) in [7, 11) is 1.35. The number of methoxy groups -OCH3 is 1. The Hall–Kier alpha value is -4.51. The molecular formula is C30H22N2O3. The third-order valence-corrected chi connectivity index (χ3v) is 6.77. The highest BCUT2D eigenvalue weighted by Crippen LogP contribution is 2.46. The zero-order valence-electron chi connectivity index (χ0n) is 19.1. The molecule has 1 N–H and O–H groups in total. The van der Waals surface area contributed by atoms with E-state index in [0.29, 0.717) is 5.56 Å². The number of pyridine rings is 1. The van der Waals surface area contributed by atoms with Crippen molar-refractivity contribution in [3.63, 3.8) is 0 Å². The fourth-order valence-electron chi connectivity index (χ4n) is 5.26. The number of esters is 1. The van der Waals surface area contributed by atoms with Crippen LogP contribution in [0.4, 0.5) is 0 Å². The average molecular weight is 459 g/mol. The van der Waals surface area contributed by atoms with Crippen molar-refractivity contribution in [2.45, 2.75) is 12.0 Å². The first-order valence-corrected chi connectivity index (χ1v) is 11.5. The average Bonchev–Trinajstić information content (AvgIpc) is 3.24. The number of hydrogen-bond acceptors (Lipinski definition) is 4. The van der Waals surface area contributed by atoms with Gasteiger partial charge in [0.25, 0.3) is 5.91 Å². The number of rotatable bonds is 4. The topological polar surface area (TPSA) is 68.3 Å². The van der Waals surface area contributed by atoms with E-state index in [0.717, 1.165) is 44.1 Å². The molecule has 1 atom stereocenters. The van der Waals surface area contributed by atoms with Gasteiger partial charge in [0.1, 0.15) is 6.04 Å². The second-order valence-corrected chi connectivity index (χ2v) is 8.65. The lowest BCUT2D eigenvalue weighted by Gasteiger charge is -2.25. The van der Waals surface area contributed by atoms with Crippen molar-refractivity contribution in [3.05, 3.63) is 114 Å². The summed E-state index contributed by atoms with van der Waals surface area (Å²) in [4.78, 5) is 31.8. The van der Waals surface area contributed by atoms with Crippen LogP contribution in [0.1, 0.15) is 27.4 Å². The second kappa shape index (κ2) is 8.37. The highest BCUT2D eigenvalue weighted by molar-refractivity contribution is 6.16. The van der Waals surface area contributed by atoms with Crippen molar-refractivity contribution in [2.75, 3.05) is 7.11 Å². The van der Waals surface area contributed by atoms with Gasteiger partial charge in [0.2, 0.25) is 0 Å². The Labute approximate surface area is 202 Å². The molecule has 170 valence electrons. The molecule has 35 heavy (non-hydrogen) atoms. The largest absolute Gasteiger partial charge is 0.467 e. The molecule has 0 saturated carbocycles. The molecule has 4 aromatic carbocycles. The van der Waals surface area contributed by atoms with E-state index in [4.69, 9.17) is 9.72 Å². The Kier molecular flexibility index (Phi) is 5.03. The van der Waals surface area contributed by atoms with Crippen LogP contribution in [0, 0.1) is 0 Å². The van der Waals surface area contributed by atoms with Gasteiger partial charge in [-0.05, 0) is 34.4 Å². The first-order chi connectivity index (χ1) is 17.2. The molecule has 5 aromatic rings. The molecule has 0 bridgehead atoms. The molecule has 1 heterocycles. The number of carbonyl (C=O) groups is 2. The van der Waals surface area contributed by atoms with Gasteiger partial charge in [-0.25, -0.2) is 9.78 Å². The fraction of sp³-hybridized carbons (Fsp3) is 0.100. The molecular weight excluding hydrogens is 436 g/mol. The zero-order valence-corrected chi connectivity index (χ0v) is 19.1. The number of aromatic nitrogens is 1. The molecule has 1 amide bonds. The van der Waals surface area contributed by atoms with E-state index >= 15 is 0 Å². The normalized spacial score (nSPS) is 13.3. The van der Waals surface area contributed by atoms with Gasteiger partial charge in [0.15, 0.2) is 0 Å². The van der Waals surface area contributed by atoms with E-state index in [1.54, 1.807) is 0 Å². The van der Waals surface area contributed by atoms with Crippen LogP contribution in [0.15, 0.2) is 97.1 Å². The molecule has 1 aliphatic carbocycles.